The van der Waals surface area contributed by atoms with Crippen LogP contribution in [-0.4, -0.2) is 32.1 Å². The molecular weight excluding hydrogens is 270 g/mol. The molecule has 0 aliphatic carbocycles. The number of urea groups is 1. The lowest BCUT2D eigenvalue weighted by atomic mass is 10.3. The van der Waals surface area contributed by atoms with E-state index < -0.39 is 24.0 Å². The maximum absolute atomic E-state index is 13.3. The summed E-state index contributed by atoms with van der Waals surface area (Å²) in [7, 11) is 0. The van der Waals surface area contributed by atoms with Crippen molar-refractivity contribution in [2.75, 3.05) is 25.1 Å². The van der Waals surface area contributed by atoms with Gasteiger partial charge in [0.2, 0.25) is 0 Å². The van der Waals surface area contributed by atoms with Crippen molar-refractivity contribution < 1.29 is 23.0 Å². The summed E-state index contributed by atoms with van der Waals surface area (Å²) < 4.78 is 36.7. The summed E-state index contributed by atoms with van der Waals surface area (Å²) in [5.74, 6) is -1.35. The summed E-state index contributed by atoms with van der Waals surface area (Å²) in [4.78, 5) is 11.6. The zero-order valence-corrected chi connectivity index (χ0v) is 11.4. The number of ether oxygens (including phenoxy) is 2. The van der Waals surface area contributed by atoms with E-state index in [2.05, 4.69) is 10.6 Å². The highest BCUT2D eigenvalue weighted by molar-refractivity contribution is 5.89. The van der Waals surface area contributed by atoms with E-state index in [-0.39, 0.29) is 12.2 Å². The van der Waals surface area contributed by atoms with Crippen molar-refractivity contribution in [1.29, 1.82) is 0 Å². The zero-order valence-electron chi connectivity index (χ0n) is 11.4. The van der Waals surface area contributed by atoms with Crippen LogP contribution < -0.4 is 10.6 Å². The largest absolute Gasteiger partial charge is 0.351 e. The predicted molar refractivity (Wildman–Crippen MR) is 70.4 cm³/mol. The maximum Gasteiger partial charge on any atom is 0.319 e. The minimum atomic E-state index is -0.715. The Labute approximate surface area is 116 Å². The molecule has 0 aliphatic rings. The lowest BCUT2D eigenvalue weighted by Crippen LogP contribution is -2.38. The first-order chi connectivity index (χ1) is 9.56. The fourth-order valence-electron chi connectivity index (χ4n) is 1.47. The number of carbonyl (C=O) groups excluding carboxylic acids is 1. The van der Waals surface area contributed by atoms with Crippen molar-refractivity contribution in [3.05, 3.63) is 29.8 Å². The van der Waals surface area contributed by atoms with Crippen molar-refractivity contribution in [1.82, 2.24) is 5.32 Å². The summed E-state index contributed by atoms with van der Waals surface area (Å²) in [6.45, 7) is 4.58. The average Bonchev–Trinajstić information content (AvgIpc) is 2.41. The molecule has 0 spiro atoms. The first-order valence-electron chi connectivity index (χ1n) is 6.29. The quantitative estimate of drug-likeness (QED) is 0.758. The van der Waals surface area contributed by atoms with Gasteiger partial charge in [0, 0.05) is 19.3 Å². The number of amides is 2. The standard InChI is InChI=1S/C13H18F2N2O3/c1-3-19-12(20-4-2)8-16-13(18)17-11-7-9(14)5-6-10(11)15/h5-7,12H,3-4,8H2,1-2H3,(H2,16,17,18). The molecule has 0 unspecified atom stereocenters. The van der Waals surface area contributed by atoms with E-state index in [1.54, 1.807) is 13.8 Å². The Morgan fingerprint density at radius 3 is 2.50 bits per heavy atom. The molecule has 0 atom stereocenters. The highest BCUT2D eigenvalue weighted by Crippen LogP contribution is 2.14. The summed E-state index contributed by atoms with van der Waals surface area (Å²) in [6.07, 6.45) is -0.576. The molecular formula is C13H18F2N2O3. The molecule has 2 amide bonds. The van der Waals surface area contributed by atoms with E-state index in [1.165, 1.54) is 0 Å². The smallest absolute Gasteiger partial charge is 0.319 e. The lowest BCUT2D eigenvalue weighted by molar-refractivity contribution is -0.131. The van der Waals surface area contributed by atoms with Gasteiger partial charge in [0.25, 0.3) is 0 Å². The number of hydrogen-bond acceptors (Lipinski definition) is 3. The van der Waals surface area contributed by atoms with Crippen molar-refractivity contribution >= 4 is 11.7 Å². The molecule has 0 aromatic heterocycles. The number of rotatable bonds is 7. The molecule has 2 N–H and O–H groups in total. The Bertz CT molecular complexity index is 438. The van der Waals surface area contributed by atoms with Crippen LogP contribution in [0, 0.1) is 11.6 Å². The summed E-state index contributed by atoms with van der Waals surface area (Å²) >= 11 is 0. The fourth-order valence-corrected chi connectivity index (χ4v) is 1.47. The molecule has 20 heavy (non-hydrogen) atoms. The SMILES string of the molecule is CCOC(CNC(=O)Nc1cc(F)ccc1F)OCC. The number of nitrogens with one attached hydrogen (secondary N) is 2. The Balaban J connectivity index is 2.48. The molecule has 1 rings (SSSR count). The minimum Gasteiger partial charge on any atom is -0.351 e. The van der Waals surface area contributed by atoms with Gasteiger partial charge >= 0.3 is 6.03 Å². The Morgan fingerprint density at radius 2 is 1.90 bits per heavy atom. The molecule has 0 aliphatic heterocycles. The van der Waals surface area contributed by atoms with Crippen LogP contribution in [0.5, 0.6) is 0 Å². The molecule has 1 aromatic rings. The molecule has 5 nitrogen and oxygen atoms in total. The third-order valence-corrected chi connectivity index (χ3v) is 2.31. The van der Waals surface area contributed by atoms with E-state index in [0.29, 0.717) is 13.2 Å². The minimum absolute atomic E-state index is 0.102. The van der Waals surface area contributed by atoms with Crippen LogP contribution in [-0.2, 0) is 9.47 Å². The summed E-state index contributed by atoms with van der Waals surface area (Å²) in [5, 5.41) is 4.67. The van der Waals surface area contributed by atoms with Gasteiger partial charge in [-0.1, -0.05) is 0 Å². The summed E-state index contributed by atoms with van der Waals surface area (Å²) in [6, 6.07) is 2.14. The molecule has 0 radical (unpaired) electrons. The molecule has 0 fully saturated rings. The number of carbonyl (C=O) groups is 1. The highest BCUT2D eigenvalue weighted by atomic mass is 19.1. The van der Waals surface area contributed by atoms with Gasteiger partial charge in [-0.05, 0) is 26.0 Å². The highest BCUT2D eigenvalue weighted by Gasteiger charge is 2.11. The molecule has 7 heteroatoms. The lowest BCUT2D eigenvalue weighted by Gasteiger charge is -2.17. The van der Waals surface area contributed by atoms with Crippen LogP contribution in [0.2, 0.25) is 0 Å². The van der Waals surface area contributed by atoms with Crippen molar-refractivity contribution in [2.45, 2.75) is 20.1 Å². The Morgan fingerprint density at radius 1 is 1.25 bits per heavy atom. The third-order valence-electron chi connectivity index (χ3n) is 2.31. The van der Waals surface area contributed by atoms with E-state index in [4.69, 9.17) is 9.47 Å². The van der Waals surface area contributed by atoms with Crippen LogP contribution in [0.25, 0.3) is 0 Å². The fraction of sp³-hybridized carbons (Fsp3) is 0.462. The van der Waals surface area contributed by atoms with Gasteiger partial charge < -0.3 is 20.1 Å². The van der Waals surface area contributed by atoms with Gasteiger partial charge in [-0.3, -0.25) is 0 Å². The van der Waals surface area contributed by atoms with Crippen LogP contribution in [0.1, 0.15) is 13.8 Å². The van der Waals surface area contributed by atoms with Gasteiger partial charge in [-0.25, -0.2) is 13.6 Å². The molecule has 1 aromatic carbocycles. The van der Waals surface area contributed by atoms with Gasteiger partial charge in [-0.15, -0.1) is 0 Å². The third kappa shape index (κ3) is 5.50. The number of anilines is 1. The van der Waals surface area contributed by atoms with E-state index in [0.717, 1.165) is 18.2 Å². The summed E-state index contributed by atoms with van der Waals surface area (Å²) in [5.41, 5.74) is -0.230. The van der Waals surface area contributed by atoms with Crippen LogP contribution in [0.4, 0.5) is 19.3 Å². The molecule has 0 heterocycles. The zero-order chi connectivity index (χ0) is 15.0. The molecule has 0 saturated carbocycles. The van der Waals surface area contributed by atoms with E-state index in [1.807, 2.05) is 0 Å². The molecule has 0 saturated heterocycles. The van der Waals surface area contributed by atoms with E-state index in [9.17, 15) is 13.6 Å². The number of benzene rings is 1. The second kappa shape index (κ2) is 8.44. The normalized spacial score (nSPS) is 10.7. The maximum atomic E-state index is 13.3. The van der Waals surface area contributed by atoms with Gasteiger partial charge in [-0.2, -0.15) is 0 Å². The first-order valence-corrected chi connectivity index (χ1v) is 6.29. The van der Waals surface area contributed by atoms with Crippen LogP contribution in [0.3, 0.4) is 0 Å². The van der Waals surface area contributed by atoms with Crippen molar-refractivity contribution in [3.63, 3.8) is 0 Å². The Hall–Kier alpha value is -1.73. The van der Waals surface area contributed by atoms with Crippen LogP contribution in [0.15, 0.2) is 18.2 Å². The average molecular weight is 288 g/mol. The predicted octanol–water partition coefficient (Wildman–Crippen LogP) is 2.49. The van der Waals surface area contributed by atoms with Crippen LogP contribution >= 0.6 is 0 Å². The van der Waals surface area contributed by atoms with Gasteiger partial charge in [0.1, 0.15) is 11.6 Å². The second-order valence-electron chi connectivity index (χ2n) is 3.80. The van der Waals surface area contributed by atoms with E-state index >= 15 is 0 Å². The van der Waals surface area contributed by atoms with Crippen molar-refractivity contribution in [2.24, 2.45) is 0 Å². The van der Waals surface area contributed by atoms with Gasteiger partial charge in [0.05, 0.1) is 12.2 Å². The molecule has 112 valence electrons. The molecule has 0 bridgehead atoms. The monoisotopic (exact) mass is 288 g/mol. The van der Waals surface area contributed by atoms with Gasteiger partial charge in [0.15, 0.2) is 6.29 Å². The van der Waals surface area contributed by atoms with Crippen molar-refractivity contribution in [3.8, 4) is 0 Å². The second-order valence-corrected chi connectivity index (χ2v) is 3.80. The topological polar surface area (TPSA) is 59.6 Å². The number of halogens is 2. The number of hydrogen-bond donors (Lipinski definition) is 2. The first kappa shape index (κ1) is 16.3. The Kier molecular flexibility index (Phi) is 6.89.